The van der Waals surface area contributed by atoms with Crippen LogP contribution in [0.1, 0.15) is 31.2 Å². The van der Waals surface area contributed by atoms with Crippen molar-refractivity contribution in [3.8, 4) is 0 Å². The third kappa shape index (κ3) is 5.10. The summed E-state index contributed by atoms with van der Waals surface area (Å²) in [5, 5.41) is 6.11. The quantitative estimate of drug-likeness (QED) is 0.896. The summed E-state index contributed by atoms with van der Waals surface area (Å²) in [6, 6.07) is 4.45. The maximum atomic E-state index is 13.1. The molecule has 112 valence electrons. The molecule has 1 aliphatic heterocycles. The van der Waals surface area contributed by atoms with Crippen molar-refractivity contribution < 1.29 is 9.18 Å². The number of aryl methyl sites for hydroxylation is 1. The zero-order chi connectivity index (χ0) is 13.7. The van der Waals surface area contributed by atoms with E-state index in [4.69, 9.17) is 0 Å². The number of carbonyl (C=O) groups is 1. The average Bonchev–Trinajstić information content (AvgIpc) is 2.42. The van der Waals surface area contributed by atoms with Crippen LogP contribution in [0, 0.1) is 18.7 Å². The Hall–Kier alpha value is -1.13. The van der Waals surface area contributed by atoms with Gasteiger partial charge in [0.2, 0.25) is 5.91 Å². The first kappa shape index (κ1) is 16.9. The zero-order valence-electron chi connectivity index (χ0n) is 11.7. The van der Waals surface area contributed by atoms with Gasteiger partial charge < -0.3 is 10.6 Å². The lowest BCUT2D eigenvalue weighted by atomic mass is 9.93. The van der Waals surface area contributed by atoms with Gasteiger partial charge in [0.1, 0.15) is 5.82 Å². The number of halogens is 2. The van der Waals surface area contributed by atoms with Crippen molar-refractivity contribution in [3.05, 3.63) is 29.6 Å². The number of amides is 1. The molecule has 0 spiro atoms. The number of hydrogen-bond donors (Lipinski definition) is 2. The van der Waals surface area contributed by atoms with Crippen LogP contribution in [-0.4, -0.2) is 19.0 Å². The van der Waals surface area contributed by atoms with E-state index >= 15 is 0 Å². The summed E-state index contributed by atoms with van der Waals surface area (Å²) in [5.74, 6) is 0.298. The standard InChI is InChI=1S/C15H21FN2O.ClH/c1-11-2-4-13(16)10-14(11)18-15(19)5-3-12-6-8-17-9-7-12;/h2,4,10,12,17H,3,5-9H2,1H3,(H,18,19);1H. The second-order valence-corrected chi connectivity index (χ2v) is 5.24. The van der Waals surface area contributed by atoms with Gasteiger partial charge in [-0.2, -0.15) is 0 Å². The Balaban J connectivity index is 0.00000200. The van der Waals surface area contributed by atoms with E-state index in [1.807, 2.05) is 6.92 Å². The van der Waals surface area contributed by atoms with Crippen LogP contribution in [0.5, 0.6) is 0 Å². The molecule has 5 heteroatoms. The van der Waals surface area contributed by atoms with E-state index < -0.39 is 0 Å². The van der Waals surface area contributed by atoms with Crippen LogP contribution in [0.3, 0.4) is 0 Å². The van der Waals surface area contributed by atoms with Crippen LogP contribution in [0.2, 0.25) is 0 Å². The maximum absolute atomic E-state index is 13.1. The number of anilines is 1. The molecule has 0 saturated carbocycles. The zero-order valence-corrected chi connectivity index (χ0v) is 12.6. The second kappa shape index (κ2) is 8.22. The molecule has 0 aliphatic carbocycles. The maximum Gasteiger partial charge on any atom is 0.224 e. The minimum Gasteiger partial charge on any atom is -0.326 e. The van der Waals surface area contributed by atoms with Crippen LogP contribution in [0.4, 0.5) is 10.1 Å². The molecule has 20 heavy (non-hydrogen) atoms. The Morgan fingerprint density at radius 1 is 1.40 bits per heavy atom. The number of benzene rings is 1. The molecule has 0 aromatic heterocycles. The lowest BCUT2D eigenvalue weighted by Crippen LogP contribution is -2.28. The van der Waals surface area contributed by atoms with Crippen LogP contribution in [-0.2, 0) is 4.79 Å². The fraction of sp³-hybridized carbons (Fsp3) is 0.533. The smallest absolute Gasteiger partial charge is 0.224 e. The van der Waals surface area contributed by atoms with Gasteiger partial charge >= 0.3 is 0 Å². The van der Waals surface area contributed by atoms with E-state index in [0.717, 1.165) is 37.9 Å². The van der Waals surface area contributed by atoms with Gasteiger partial charge in [-0.25, -0.2) is 4.39 Å². The van der Waals surface area contributed by atoms with Crippen molar-refractivity contribution in [1.82, 2.24) is 5.32 Å². The molecule has 2 rings (SSSR count). The third-order valence-electron chi connectivity index (χ3n) is 3.71. The molecule has 1 amide bonds. The van der Waals surface area contributed by atoms with E-state index in [9.17, 15) is 9.18 Å². The Kier molecular flexibility index (Phi) is 6.96. The molecule has 1 fully saturated rings. The summed E-state index contributed by atoms with van der Waals surface area (Å²) in [4.78, 5) is 11.9. The van der Waals surface area contributed by atoms with Gasteiger partial charge in [-0.3, -0.25) is 4.79 Å². The van der Waals surface area contributed by atoms with Gasteiger partial charge in [0.25, 0.3) is 0 Å². The minimum atomic E-state index is -0.320. The molecule has 1 heterocycles. The van der Waals surface area contributed by atoms with Crippen molar-refractivity contribution >= 4 is 24.0 Å². The van der Waals surface area contributed by atoms with Crippen LogP contribution in [0.15, 0.2) is 18.2 Å². The van der Waals surface area contributed by atoms with Crippen molar-refractivity contribution in [3.63, 3.8) is 0 Å². The fourth-order valence-corrected chi connectivity index (χ4v) is 2.45. The molecule has 0 radical (unpaired) electrons. The molecule has 1 aromatic carbocycles. The minimum absolute atomic E-state index is 0. The van der Waals surface area contributed by atoms with Crippen LogP contribution in [0.25, 0.3) is 0 Å². The lowest BCUT2D eigenvalue weighted by Gasteiger charge is -2.22. The summed E-state index contributed by atoms with van der Waals surface area (Å²) < 4.78 is 13.1. The Morgan fingerprint density at radius 2 is 2.10 bits per heavy atom. The Morgan fingerprint density at radius 3 is 2.80 bits per heavy atom. The van der Waals surface area contributed by atoms with Crippen LogP contribution < -0.4 is 10.6 Å². The largest absolute Gasteiger partial charge is 0.326 e. The monoisotopic (exact) mass is 300 g/mol. The number of hydrogen-bond acceptors (Lipinski definition) is 2. The number of nitrogens with one attached hydrogen (secondary N) is 2. The first-order chi connectivity index (χ1) is 9.15. The molecule has 1 aliphatic rings. The molecule has 0 unspecified atom stereocenters. The Labute approximate surface area is 125 Å². The molecule has 0 bridgehead atoms. The molecule has 0 atom stereocenters. The molecule has 1 aromatic rings. The average molecular weight is 301 g/mol. The summed E-state index contributed by atoms with van der Waals surface area (Å²) in [6.45, 7) is 3.96. The summed E-state index contributed by atoms with van der Waals surface area (Å²) in [7, 11) is 0. The first-order valence-electron chi connectivity index (χ1n) is 6.92. The van der Waals surface area contributed by atoms with Gasteiger partial charge in [-0.1, -0.05) is 6.07 Å². The van der Waals surface area contributed by atoms with Crippen molar-refractivity contribution in [2.24, 2.45) is 5.92 Å². The molecular weight excluding hydrogens is 279 g/mol. The summed E-state index contributed by atoms with van der Waals surface area (Å²) >= 11 is 0. The topological polar surface area (TPSA) is 41.1 Å². The number of rotatable bonds is 4. The van der Waals surface area contributed by atoms with E-state index in [2.05, 4.69) is 10.6 Å². The van der Waals surface area contributed by atoms with E-state index in [-0.39, 0.29) is 24.1 Å². The van der Waals surface area contributed by atoms with E-state index in [1.54, 1.807) is 6.07 Å². The van der Waals surface area contributed by atoms with Crippen molar-refractivity contribution in [1.29, 1.82) is 0 Å². The highest BCUT2D eigenvalue weighted by Crippen LogP contribution is 2.20. The second-order valence-electron chi connectivity index (χ2n) is 5.24. The van der Waals surface area contributed by atoms with Crippen molar-refractivity contribution in [2.45, 2.75) is 32.6 Å². The SMILES string of the molecule is Cc1ccc(F)cc1NC(=O)CCC1CCNCC1.Cl. The van der Waals surface area contributed by atoms with Gasteiger partial charge in [0.05, 0.1) is 0 Å². The van der Waals surface area contributed by atoms with E-state index in [1.165, 1.54) is 12.1 Å². The predicted molar refractivity (Wildman–Crippen MR) is 81.8 cm³/mol. The molecule has 1 saturated heterocycles. The Bertz CT molecular complexity index is 447. The van der Waals surface area contributed by atoms with Gasteiger partial charge in [0.15, 0.2) is 0 Å². The molecule has 2 N–H and O–H groups in total. The normalized spacial score (nSPS) is 15.5. The molecule has 3 nitrogen and oxygen atoms in total. The molecular formula is C15H22ClFN2O. The fourth-order valence-electron chi connectivity index (χ4n) is 2.45. The van der Waals surface area contributed by atoms with Gasteiger partial charge in [0, 0.05) is 12.1 Å². The predicted octanol–water partition coefficient (Wildman–Crippen LogP) is 3.27. The lowest BCUT2D eigenvalue weighted by molar-refractivity contribution is -0.116. The third-order valence-corrected chi connectivity index (χ3v) is 3.71. The summed E-state index contributed by atoms with van der Waals surface area (Å²) in [6.07, 6.45) is 3.72. The highest BCUT2D eigenvalue weighted by molar-refractivity contribution is 5.91. The van der Waals surface area contributed by atoms with Gasteiger partial charge in [-0.05, 0) is 62.9 Å². The van der Waals surface area contributed by atoms with Gasteiger partial charge in [-0.15, -0.1) is 12.4 Å². The highest BCUT2D eigenvalue weighted by Gasteiger charge is 2.14. The van der Waals surface area contributed by atoms with E-state index in [0.29, 0.717) is 18.0 Å². The number of piperidine rings is 1. The van der Waals surface area contributed by atoms with Crippen LogP contribution >= 0.6 is 12.4 Å². The number of carbonyl (C=O) groups excluding carboxylic acids is 1. The van der Waals surface area contributed by atoms with Crippen molar-refractivity contribution in [2.75, 3.05) is 18.4 Å². The summed E-state index contributed by atoms with van der Waals surface area (Å²) in [5.41, 5.74) is 1.46. The highest BCUT2D eigenvalue weighted by atomic mass is 35.5. The first-order valence-corrected chi connectivity index (χ1v) is 6.92.